The van der Waals surface area contributed by atoms with Crippen LogP contribution in [0.1, 0.15) is 30.3 Å². The average molecular weight is 419 g/mol. The number of ether oxygens (including phenoxy) is 1. The molecular weight excluding hydrogens is 394 g/mol. The minimum absolute atomic E-state index is 0.0799. The van der Waals surface area contributed by atoms with E-state index < -0.39 is 0 Å². The number of rotatable bonds is 6. The molecule has 8 nitrogen and oxygen atoms in total. The van der Waals surface area contributed by atoms with Gasteiger partial charge in [0, 0.05) is 36.7 Å². The number of nitrogens with zero attached hydrogens (tertiary/aromatic N) is 3. The Morgan fingerprint density at radius 1 is 1.19 bits per heavy atom. The van der Waals surface area contributed by atoms with Crippen molar-refractivity contribution in [2.45, 2.75) is 19.8 Å². The molecular formula is C23H25N5O3. The summed E-state index contributed by atoms with van der Waals surface area (Å²) in [6, 6.07) is 12.7. The van der Waals surface area contributed by atoms with E-state index in [0.717, 1.165) is 24.2 Å². The van der Waals surface area contributed by atoms with E-state index >= 15 is 0 Å². The van der Waals surface area contributed by atoms with Crippen molar-refractivity contribution in [2.24, 2.45) is 5.92 Å². The minimum Gasteiger partial charge on any atom is -0.494 e. The maximum atomic E-state index is 13.0. The molecule has 8 heteroatoms. The first-order valence-corrected chi connectivity index (χ1v) is 10.4. The van der Waals surface area contributed by atoms with Crippen LogP contribution in [0.3, 0.4) is 0 Å². The first-order chi connectivity index (χ1) is 15.1. The summed E-state index contributed by atoms with van der Waals surface area (Å²) in [5, 5.41) is 10.0. The lowest BCUT2D eigenvalue weighted by molar-refractivity contribution is -0.121. The summed E-state index contributed by atoms with van der Waals surface area (Å²) < 4.78 is 5.43. The number of likely N-dealkylation sites (tertiary alicyclic amines) is 1. The van der Waals surface area contributed by atoms with Crippen LogP contribution < -0.4 is 10.1 Å². The first kappa shape index (κ1) is 20.6. The van der Waals surface area contributed by atoms with Crippen molar-refractivity contribution >= 4 is 17.5 Å². The van der Waals surface area contributed by atoms with Gasteiger partial charge in [0.2, 0.25) is 5.91 Å². The molecule has 0 radical (unpaired) electrons. The average Bonchev–Trinajstić information content (AvgIpc) is 3.31. The number of hydrogen-bond acceptors (Lipinski definition) is 5. The number of anilines is 1. The van der Waals surface area contributed by atoms with E-state index in [0.29, 0.717) is 36.8 Å². The lowest BCUT2D eigenvalue weighted by Crippen LogP contribution is -2.43. The normalized spacial score (nSPS) is 16.0. The van der Waals surface area contributed by atoms with E-state index in [9.17, 15) is 9.59 Å². The Morgan fingerprint density at radius 3 is 2.71 bits per heavy atom. The van der Waals surface area contributed by atoms with Crippen molar-refractivity contribution < 1.29 is 14.3 Å². The monoisotopic (exact) mass is 419 g/mol. The number of H-pyrrole nitrogens is 1. The Labute approximate surface area is 180 Å². The van der Waals surface area contributed by atoms with Crippen molar-refractivity contribution in [3.63, 3.8) is 0 Å². The van der Waals surface area contributed by atoms with Crippen LogP contribution in [0.4, 0.5) is 5.69 Å². The third-order valence-electron chi connectivity index (χ3n) is 5.30. The number of aromatic amines is 1. The number of carbonyl (C=O) groups excluding carboxylic acids is 2. The molecule has 0 unspecified atom stereocenters. The van der Waals surface area contributed by atoms with E-state index in [1.165, 1.54) is 0 Å². The van der Waals surface area contributed by atoms with Crippen LogP contribution in [-0.2, 0) is 4.79 Å². The molecule has 0 aliphatic carbocycles. The molecule has 0 saturated carbocycles. The van der Waals surface area contributed by atoms with Gasteiger partial charge in [-0.05, 0) is 62.2 Å². The van der Waals surface area contributed by atoms with E-state index in [2.05, 4.69) is 20.5 Å². The molecule has 2 N–H and O–H groups in total. The number of carbonyl (C=O) groups is 2. The van der Waals surface area contributed by atoms with Crippen LogP contribution in [-0.4, -0.2) is 51.6 Å². The number of nitrogens with one attached hydrogen (secondary N) is 2. The Bertz CT molecular complexity index is 1030. The molecule has 160 valence electrons. The molecule has 0 bridgehead atoms. The molecule has 2 aromatic heterocycles. The van der Waals surface area contributed by atoms with E-state index in [1.807, 2.05) is 43.3 Å². The molecule has 1 saturated heterocycles. The van der Waals surface area contributed by atoms with Gasteiger partial charge in [-0.25, -0.2) is 0 Å². The number of benzene rings is 1. The third kappa shape index (κ3) is 4.91. The fourth-order valence-electron chi connectivity index (χ4n) is 3.69. The fraction of sp³-hybridized carbons (Fsp3) is 0.304. The quantitative estimate of drug-likeness (QED) is 0.638. The van der Waals surface area contributed by atoms with Crippen LogP contribution >= 0.6 is 0 Å². The van der Waals surface area contributed by atoms with Gasteiger partial charge in [-0.2, -0.15) is 5.10 Å². The van der Waals surface area contributed by atoms with Gasteiger partial charge >= 0.3 is 0 Å². The highest BCUT2D eigenvalue weighted by molar-refractivity contribution is 5.95. The zero-order chi connectivity index (χ0) is 21.6. The molecule has 1 aliphatic heterocycles. The minimum atomic E-state index is -0.258. The number of amides is 2. The molecule has 1 atom stereocenters. The molecule has 1 aromatic carbocycles. The second-order valence-electron chi connectivity index (χ2n) is 7.44. The first-order valence-electron chi connectivity index (χ1n) is 10.4. The highest BCUT2D eigenvalue weighted by atomic mass is 16.5. The number of piperidine rings is 1. The van der Waals surface area contributed by atoms with Crippen LogP contribution in [0.15, 0.2) is 54.9 Å². The summed E-state index contributed by atoms with van der Waals surface area (Å²) in [4.78, 5) is 31.4. The summed E-state index contributed by atoms with van der Waals surface area (Å²) in [5.41, 5.74) is 2.70. The van der Waals surface area contributed by atoms with Crippen molar-refractivity contribution in [3.8, 4) is 17.0 Å². The third-order valence-corrected chi connectivity index (χ3v) is 5.30. The Kier molecular flexibility index (Phi) is 6.26. The summed E-state index contributed by atoms with van der Waals surface area (Å²) in [5.74, 6) is 0.280. The zero-order valence-electron chi connectivity index (χ0n) is 17.4. The van der Waals surface area contributed by atoms with Crippen LogP contribution in [0.25, 0.3) is 11.3 Å². The van der Waals surface area contributed by atoms with Gasteiger partial charge in [-0.15, -0.1) is 0 Å². The Hall–Kier alpha value is -3.68. The van der Waals surface area contributed by atoms with Crippen molar-refractivity contribution in [1.82, 2.24) is 20.1 Å². The van der Waals surface area contributed by atoms with E-state index in [-0.39, 0.29) is 17.7 Å². The van der Waals surface area contributed by atoms with Crippen LogP contribution in [0.2, 0.25) is 0 Å². The van der Waals surface area contributed by atoms with Gasteiger partial charge in [0.15, 0.2) is 0 Å². The second-order valence-corrected chi connectivity index (χ2v) is 7.44. The lowest BCUT2D eigenvalue weighted by atomic mass is 9.96. The number of hydrogen-bond donors (Lipinski definition) is 2. The Morgan fingerprint density at radius 2 is 1.97 bits per heavy atom. The largest absolute Gasteiger partial charge is 0.494 e. The molecule has 3 aromatic rings. The molecule has 1 fully saturated rings. The maximum Gasteiger partial charge on any atom is 0.271 e. The summed E-state index contributed by atoms with van der Waals surface area (Å²) in [6.45, 7) is 3.52. The van der Waals surface area contributed by atoms with E-state index in [1.54, 1.807) is 23.4 Å². The SMILES string of the molecule is CCOc1ccc(NC(=O)[C@H]2CCCN(C(=O)c3cc(-c4ccncc4)n[nH]3)C2)cc1. The molecule has 0 spiro atoms. The van der Waals surface area contributed by atoms with Crippen LogP contribution in [0, 0.1) is 5.92 Å². The highest BCUT2D eigenvalue weighted by Gasteiger charge is 2.29. The predicted molar refractivity (Wildman–Crippen MR) is 117 cm³/mol. The van der Waals surface area contributed by atoms with Gasteiger partial charge in [0.1, 0.15) is 11.4 Å². The Balaban J connectivity index is 1.38. The molecule has 4 rings (SSSR count). The van der Waals surface area contributed by atoms with Gasteiger partial charge in [0.25, 0.3) is 5.91 Å². The summed E-state index contributed by atoms with van der Waals surface area (Å²) in [7, 11) is 0. The lowest BCUT2D eigenvalue weighted by Gasteiger charge is -2.31. The summed E-state index contributed by atoms with van der Waals surface area (Å²) >= 11 is 0. The molecule has 1 aliphatic rings. The highest BCUT2D eigenvalue weighted by Crippen LogP contribution is 2.23. The molecule has 31 heavy (non-hydrogen) atoms. The summed E-state index contributed by atoms with van der Waals surface area (Å²) in [6.07, 6.45) is 4.89. The standard InChI is InChI=1S/C23H25N5O3/c1-2-31-19-7-5-18(6-8-19)25-22(29)17-4-3-13-28(15-17)23(30)21-14-20(26-27-21)16-9-11-24-12-10-16/h5-12,14,17H,2-4,13,15H2,1H3,(H,25,29)(H,26,27)/t17-/m0/s1. The number of aromatic nitrogens is 3. The van der Waals surface area contributed by atoms with Crippen molar-refractivity contribution in [2.75, 3.05) is 25.0 Å². The predicted octanol–water partition coefficient (Wildman–Crippen LogP) is 3.36. The second kappa shape index (κ2) is 9.42. The van der Waals surface area contributed by atoms with Crippen molar-refractivity contribution in [1.29, 1.82) is 0 Å². The van der Waals surface area contributed by atoms with Gasteiger partial charge in [-0.3, -0.25) is 19.7 Å². The zero-order valence-corrected chi connectivity index (χ0v) is 17.4. The van der Waals surface area contributed by atoms with Crippen molar-refractivity contribution in [3.05, 3.63) is 60.6 Å². The van der Waals surface area contributed by atoms with Gasteiger partial charge in [0.05, 0.1) is 18.2 Å². The molecule has 3 heterocycles. The number of pyridine rings is 1. The molecule has 2 amide bonds. The maximum absolute atomic E-state index is 13.0. The fourth-order valence-corrected chi connectivity index (χ4v) is 3.69. The smallest absolute Gasteiger partial charge is 0.271 e. The van der Waals surface area contributed by atoms with E-state index in [4.69, 9.17) is 4.74 Å². The van der Waals surface area contributed by atoms with Crippen LogP contribution in [0.5, 0.6) is 5.75 Å². The van der Waals surface area contributed by atoms with Gasteiger partial charge < -0.3 is 15.0 Å². The van der Waals surface area contributed by atoms with Gasteiger partial charge in [-0.1, -0.05) is 0 Å². The topological polar surface area (TPSA) is 100 Å².